The Hall–Kier alpha value is -3.61. The van der Waals surface area contributed by atoms with Gasteiger partial charge in [-0.1, -0.05) is 0 Å². The predicted molar refractivity (Wildman–Crippen MR) is 88.4 cm³/mol. The number of hydrogen-bond donors (Lipinski definition) is 2. The van der Waals surface area contributed by atoms with E-state index in [2.05, 4.69) is 15.4 Å². The van der Waals surface area contributed by atoms with Crippen molar-refractivity contribution in [2.24, 2.45) is 0 Å². The van der Waals surface area contributed by atoms with Gasteiger partial charge in [-0.3, -0.25) is 9.78 Å². The van der Waals surface area contributed by atoms with Crippen LogP contribution in [0.15, 0.2) is 70.1 Å². The van der Waals surface area contributed by atoms with Crippen LogP contribution in [0.2, 0.25) is 0 Å². The zero-order valence-corrected chi connectivity index (χ0v) is 12.4. The number of H-pyrrole nitrogens is 1. The van der Waals surface area contributed by atoms with Gasteiger partial charge in [-0.2, -0.15) is 5.10 Å². The molecule has 2 heterocycles. The maximum absolute atomic E-state index is 12.3. The Kier molecular flexibility index (Phi) is 3.24. The number of aromatic amines is 1. The van der Waals surface area contributed by atoms with Crippen LogP contribution >= 0.6 is 0 Å². The van der Waals surface area contributed by atoms with Crippen molar-refractivity contribution in [3.05, 3.63) is 77.0 Å². The number of fused-ring (bicyclic) bond motifs is 1. The van der Waals surface area contributed by atoms with Crippen LogP contribution in [0.5, 0.6) is 0 Å². The van der Waals surface area contributed by atoms with E-state index in [1.165, 1.54) is 0 Å². The average molecular weight is 320 g/mol. The van der Waals surface area contributed by atoms with Crippen LogP contribution in [-0.2, 0) is 0 Å². The molecule has 2 aromatic carbocycles. The molecule has 0 bridgehead atoms. The lowest BCUT2D eigenvalue weighted by atomic mass is 10.2. The van der Waals surface area contributed by atoms with Gasteiger partial charge in [-0.15, -0.1) is 0 Å². The number of amides is 1. The smallest absolute Gasteiger partial charge is 0.408 e. The average Bonchev–Trinajstić information content (AvgIpc) is 3.23. The molecule has 24 heavy (non-hydrogen) atoms. The Morgan fingerprint density at radius 2 is 2.00 bits per heavy atom. The molecule has 1 amide bonds. The van der Waals surface area contributed by atoms with Gasteiger partial charge in [-0.25, -0.2) is 9.48 Å². The van der Waals surface area contributed by atoms with E-state index in [9.17, 15) is 9.59 Å². The summed E-state index contributed by atoms with van der Waals surface area (Å²) in [5, 5.41) is 6.93. The van der Waals surface area contributed by atoms with E-state index in [1.807, 2.05) is 24.4 Å². The van der Waals surface area contributed by atoms with Crippen molar-refractivity contribution in [1.82, 2.24) is 14.8 Å². The largest absolute Gasteiger partial charge is 0.417 e. The summed E-state index contributed by atoms with van der Waals surface area (Å²) in [6.07, 6.45) is 3.52. The summed E-state index contributed by atoms with van der Waals surface area (Å²) in [6, 6.07) is 13.9. The van der Waals surface area contributed by atoms with Gasteiger partial charge in [-0.05, 0) is 48.5 Å². The van der Waals surface area contributed by atoms with Gasteiger partial charge in [0.15, 0.2) is 5.58 Å². The highest BCUT2D eigenvalue weighted by Crippen LogP contribution is 2.17. The van der Waals surface area contributed by atoms with Gasteiger partial charge in [0.1, 0.15) is 0 Å². The lowest BCUT2D eigenvalue weighted by Gasteiger charge is -2.06. The number of nitrogens with one attached hydrogen (secondary N) is 2. The summed E-state index contributed by atoms with van der Waals surface area (Å²) in [6.45, 7) is 0. The number of nitrogens with zero attached hydrogens (tertiary/aromatic N) is 2. The number of anilines is 1. The molecule has 0 saturated carbocycles. The number of oxazole rings is 1. The molecule has 0 aliphatic heterocycles. The van der Waals surface area contributed by atoms with Crippen LogP contribution in [0, 0.1) is 0 Å². The normalized spacial score (nSPS) is 10.8. The Morgan fingerprint density at radius 1 is 1.17 bits per heavy atom. The van der Waals surface area contributed by atoms with Crippen molar-refractivity contribution in [2.45, 2.75) is 0 Å². The zero-order chi connectivity index (χ0) is 16.5. The molecule has 0 aliphatic rings. The summed E-state index contributed by atoms with van der Waals surface area (Å²) in [5.41, 5.74) is 2.94. The van der Waals surface area contributed by atoms with Crippen molar-refractivity contribution in [2.75, 3.05) is 5.32 Å². The predicted octanol–water partition coefficient (Wildman–Crippen LogP) is 2.56. The fourth-order valence-electron chi connectivity index (χ4n) is 2.42. The topological polar surface area (TPSA) is 92.9 Å². The van der Waals surface area contributed by atoms with Crippen molar-refractivity contribution in [1.29, 1.82) is 0 Å². The quantitative estimate of drug-likeness (QED) is 0.607. The van der Waals surface area contributed by atoms with Crippen molar-refractivity contribution in [3.63, 3.8) is 0 Å². The van der Waals surface area contributed by atoms with Crippen LogP contribution in [0.3, 0.4) is 0 Å². The first-order valence-corrected chi connectivity index (χ1v) is 7.23. The van der Waals surface area contributed by atoms with Crippen LogP contribution in [0.25, 0.3) is 16.8 Å². The Bertz CT molecular complexity index is 1060. The molecule has 0 unspecified atom stereocenters. The second-order valence-corrected chi connectivity index (χ2v) is 5.18. The highest BCUT2D eigenvalue weighted by Gasteiger charge is 2.08. The highest BCUT2D eigenvalue weighted by molar-refractivity contribution is 6.05. The summed E-state index contributed by atoms with van der Waals surface area (Å²) in [5.74, 6) is -0.769. The molecular weight excluding hydrogens is 308 g/mol. The third kappa shape index (κ3) is 2.58. The van der Waals surface area contributed by atoms with Crippen LogP contribution in [0.1, 0.15) is 10.4 Å². The molecule has 2 aromatic heterocycles. The van der Waals surface area contributed by atoms with Gasteiger partial charge in [0, 0.05) is 23.6 Å². The van der Waals surface area contributed by atoms with Crippen LogP contribution in [0.4, 0.5) is 5.69 Å². The minimum Gasteiger partial charge on any atom is -0.408 e. The monoisotopic (exact) mass is 320 g/mol. The van der Waals surface area contributed by atoms with Crippen molar-refractivity contribution >= 4 is 22.7 Å². The minimum atomic E-state index is -0.525. The SMILES string of the molecule is O=C(Nc1ccc2oc(=O)[nH]c2c1)c1ccc(-n2cccn2)cc1. The molecule has 0 atom stereocenters. The lowest BCUT2D eigenvalue weighted by Crippen LogP contribution is -2.11. The third-order valence-electron chi connectivity index (χ3n) is 3.58. The highest BCUT2D eigenvalue weighted by atomic mass is 16.4. The first-order chi connectivity index (χ1) is 11.7. The Labute approximate surface area is 135 Å². The fraction of sp³-hybridized carbons (Fsp3) is 0. The molecule has 0 saturated heterocycles. The lowest BCUT2D eigenvalue weighted by molar-refractivity contribution is 0.102. The molecule has 4 aromatic rings. The van der Waals surface area contributed by atoms with E-state index >= 15 is 0 Å². The maximum Gasteiger partial charge on any atom is 0.417 e. The molecule has 0 spiro atoms. The number of aromatic nitrogens is 3. The van der Waals surface area contributed by atoms with E-state index in [-0.39, 0.29) is 5.91 Å². The first-order valence-electron chi connectivity index (χ1n) is 7.23. The van der Waals surface area contributed by atoms with Crippen molar-refractivity contribution < 1.29 is 9.21 Å². The number of benzene rings is 2. The van der Waals surface area contributed by atoms with Gasteiger partial charge in [0.2, 0.25) is 0 Å². The molecule has 7 nitrogen and oxygen atoms in total. The van der Waals surface area contributed by atoms with E-state index < -0.39 is 5.76 Å². The molecule has 0 radical (unpaired) electrons. The van der Waals surface area contributed by atoms with Gasteiger partial charge in [0.05, 0.1) is 11.2 Å². The van der Waals surface area contributed by atoms with Gasteiger partial charge >= 0.3 is 5.76 Å². The van der Waals surface area contributed by atoms with Gasteiger partial charge < -0.3 is 9.73 Å². The second-order valence-electron chi connectivity index (χ2n) is 5.18. The Balaban J connectivity index is 1.55. The summed E-state index contributed by atoms with van der Waals surface area (Å²) >= 11 is 0. The molecule has 0 fully saturated rings. The molecule has 7 heteroatoms. The number of rotatable bonds is 3. The van der Waals surface area contributed by atoms with Crippen LogP contribution in [-0.4, -0.2) is 20.7 Å². The second kappa shape index (κ2) is 5.54. The molecule has 2 N–H and O–H groups in total. The summed E-state index contributed by atoms with van der Waals surface area (Å²) in [4.78, 5) is 26.0. The standard InChI is InChI=1S/C17H12N4O3/c22-16(11-2-5-13(6-3-11)21-9-1-8-18-21)19-12-4-7-15-14(10-12)20-17(23)24-15/h1-10H,(H,19,22)(H,20,23). The maximum atomic E-state index is 12.3. The number of hydrogen-bond acceptors (Lipinski definition) is 4. The van der Waals surface area contributed by atoms with E-state index in [0.717, 1.165) is 5.69 Å². The van der Waals surface area contributed by atoms with E-state index in [0.29, 0.717) is 22.4 Å². The third-order valence-corrected chi connectivity index (χ3v) is 3.58. The van der Waals surface area contributed by atoms with Crippen LogP contribution < -0.4 is 11.1 Å². The number of carbonyl (C=O) groups excluding carboxylic acids is 1. The van der Waals surface area contributed by atoms with E-state index in [1.54, 1.807) is 41.2 Å². The van der Waals surface area contributed by atoms with E-state index in [4.69, 9.17) is 4.42 Å². The van der Waals surface area contributed by atoms with Gasteiger partial charge in [0.25, 0.3) is 5.91 Å². The zero-order valence-electron chi connectivity index (χ0n) is 12.4. The first kappa shape index (κ1) is 14.0. The molecule has 0 aliphatic carbocycles. The Morgan fingerprint density at radius 3 is 2.75 bits per heavy atom. The van der Waals surface area contributed by atoms with Crippen molar-refractivity contribution in [3.8, 4) is 5.69 Å². The fourth-order valence-corrected chi connectivity index (χ4v) is 2.42. The molecule has 118 valence electrons. The molecule has 4 rings (SSSR count). The minimum absolute atomic E-state index is 0.243. The summed E-state index contributed by atoms with van der Waals surface area (Å²) < 4.78 is 6.64. The summed E-state index contributed by atoms with van der Waals surface area (Å²) in [7, 11) is 0. The number of carbonyl (C=O) groups is 1. The molecular formula is C17H12N4O3.